The van der Waals surface area contributed by atoms with Gasteiger partial charge in [0.05, 0.1) is 10.6 Å². The minimum Gasteiger partial charge on any atom is -0.351 e. The minimum atomic E-state index is -0.576. The molecular weight excluding hydrogens is 333 g/mol. The van der Waals surface area contributed by atoms with E-state index in [1.54, 1.807) is 0 Å². The van der Waals surface area contributed by atoms with Gasteiger partial charge in [0.2, 0.25) is 0 Å². The summed E-state index contributed by atoms with van der Waals surface area (Å²) in [6.07, 6.45) is 2.04. The molecule has 0 atom stereocenters. The summed E-state index contributed by atoms with van der Waals surface area (Å²) in [5, 5.41) is 3.63. The van der Waals surface area contributed by atoms with E-state index in [9.17, 15) is 9.18 Å². The Hall–Kier alpha value is -0.610. The molecule has 0 heterocycles. The highest BCUT2D eigenvalue weighted by molar-refractivity contribution is 9.09. The van der Waals surface area contributed by atoms with E-state index in [0.29, 0.717) is 6.54 Å². The summed E-state index contributed by atoms with van der Waals surface area (Å²) in [7, 11) is 0. The summed E-state index contributed by atoms with van der Waals surface area (Å²) in [5.74, 6) is -0.913. The van der Waals surface area contributed by atoms with Crippen molar-refractivity contribution in [1.82, 2.24) is 5.32 Å². The summed E-state index contributed by atoms with van der Waals surface area (Å²) in [6.45, 7) is 4.71. The maximum atomic E-state index is 13.3. The fourth-order valence-corrected chi connectivity index (χ4v) is 2.22. The van der Waals surface area contributed by atoms with Crippen molar-refractivity contribution >= 4 is 33.4 Å². The zero-order valence-corrected chi connectivity index (χ0v) is 13.4. The van der Waals surface area contributed by atoms with E-state index in [1.165, 1.54) is 18.2 Å². The number of benzene rings is 1. The zero-order chi connectivity index (χ0) is 14.5. The highest BCUT2D eigenvalue weighted by Crippen LogP contribution is 2.23. The second kappa shape index (κ2) is 7.25. The van der Waals surface area contributed by atoms with Crippen LogP contribution in [0.1, 0.15) is 37.0 Å². The average molecular weight is 351 g/mol. The average Bonchev–Trinajstić information content (AvgIpc) is 2.37. The monoisotopic (exact) mass is 349 g/mol. The third-order valence-electron chi connectivity index (χ3n) is 2.91. The molecule has 1 amide bonds. The van der Waals surface area contributed by atoms with Crippen LogP contribution in [0, 0.1) is 11.2 Å². The SMILES string of the molecule is CC(C)(CCCBr)CNC(=O)c1cccc(F)c1Cl. The molecule has 0 aliphatic rings. The van der Waals surface area contributed by atoms with Gasteiger partial charge in [-0.3, -0.25) is 4.79 Å². The molecule has 0 unspecified atom stereocenters. The molecule has 0 saturated heterocycles. The van der Waals surface area contributed by atoms with Crippen LogP contribution in [0.4, 0.5) is 4.39 Å². The van der Waals surface area contributed by atoms with E-state index in [2.05, 4.69) is 35.1 Å². The standard InChI is InChI=1S/C14H18BrClFNO/c1-14(2,7-4-8-15)9-18-13(19)10-5-3-6-11(17)12(10)16/h3,5-6H,4,7-9H2,1-2H3,(H,18,19). The molecule has 0 fully saturated rings. The largest absolute Gasteiger partial charge is 0.351 e. The predicted octanol–water partition coefficient (Wildman–Crippen LogP) is 4.41. The molecule has 0 aromatic heterocycles. The Kier molecular flexibility index (Phi) is 6.27. The minimum absolute atomic E-state index is 0.00321. The topological polar surface area (TPSA) is 29.1 Å². The zero-order valence-electron chi connectivity index (χ0n) is 11.1. The number of carbonyl (C=O) groups is 1. The van der Waals surface area contributed by atoms with Crippen molar-refractivity contribution in [2.24, 2.45) is 5.41 Å². The van der Waals surface area contributed by atoms with E-state index in [0.717, 1.165) is 18.2 Å². The van der Waals surface area contributed by atoms with E-state index in [1.807, 2.05) is 0 Å². The summed E-state index contributed by atoms with van der Waals surface area (Å²) < 4.78 is 13.3. The molecule has 1 aromatic rings. The summed E-state index contributed by atoms with van der Waals surface area (Å²) >= 11 is 9.17. The van der Waals surface area contributed by atoms with Crippen LogP contribution in [0.15, 0.2) is 18.2 Å². The van der Waals surface area contributed by atoms with Crippen molar-refractivity contribution in [2.75, 3.05) is 11.9 Å². The molecular formula is C14H18BrClFNO. The van der Waals surface area contributed by atoms with Crippen molar-refractivity contribution in [3.05, 3.63) is 34.6 Å². The molecule has 2 nitrogen and oxygen atoms in total. The van der Waals surface area contributed by atoms with Crippen LogP contribution < -0.4 is 5.32 Å². The third-order valence-corrected chi connectivity index (χ3v) is 3.86. The van der Waals surface area contributed by atoms with Gasteiger partial charge in [-0.05, 0) is 30.4 Å². The Morgan fingerprint density at radius 3 is 2.79 bits per heavy atom. The van der Waals surface area contributed by atoms with E-state index in [-0.39, 0.29) is 21.9 Å². The van der Waals surface area contributed by atoms with Gasteiger partial charge in [0.15, 0.2) is 0 Å². The van der Waals surface area contributed by atoms with Crippen LogP contribution in [0.5, 0.6) is 0 Å². The summed E-state index contributed by atoms with van der Waals surface area (Å²) in [5.41, 5.74) is 0.182. The quantitative estimate of drug-likeness (QED) is 0.757. The lowest BCUT2D eigenvalue weighted by Crippen LogP contribution is -2.34. The van der Waals surface area contributed by atoms with Crippen LogP contribution in [0.25, 0.3) is 0 Å². The number of carbonyl (C=O) groups excluding carboxylic acids is 1. The van der Waals surface area contributed by atoms with Crippen molar-refractivity contribution in [3.63, 3.8) is 0 Å². The second-order valence-corrected chi connectivity index (χ2v) is 6.41. The first kappa shape index (κ1) is 16.4. The lowest BCUT2D eigenvalue weighted by atomic mass is 9.88. The Bertz CT molecular complexity index is 451. The Morgan fingerprint density at radius 2 is 2.16 bits per heavy atom. The fourth-order valence-electron chi connectivity index (χ4n) is 1.73. The van der Waals surface area contributed by atoms with E-state index >= 15 is 0 Å². The molecule has 0 radical (unpaired) electrons. The first-order chi connectivity index (χ1) is 8.87. The Balaban J connectivity index is 2.63. The lowest BCUT2D eigenvalue weighted by Gasteiger charge is -2.24. The van der Waals surface area contributed by atoms with E-state index in [4.69, 9.17) is 11.6 Å². The second-order valence-electron chi connectivity index (χ2n) is 5.24. The molecule has 0 bridgehead atoms. The molecule has 0 spiro atoms. The molecule has 0 saturated carbocycles. The van der Waals surface area contributed by atoms with Crippen molar-refractivity contribution < 1.29 is 9.18 Å². The van der Waals surface area contributed by atoms with Crippen LogP contribution >= 0.6 is 27.5 Å². The number of amides is 1. The fraction of sp³-hybridized carbons (Fsp3) is 0.500. The van der Waals surface area contributed by atoms with Crippen molar-refractivity contribution in [3.8, 4) is 0 Å². The van der Waals surface area contributed by atoms with Gasteiger partial charge >= 0.3 is 0 Å². The van der Waals surface area contributed by atoms with Gasteiger partial charge in [0.1, 0.15) is 5.82 Å². The molecule has 0 aliphatic heterocycles. The normalized spacial score (nSPS) is 11.4. The van der Waals surface area contributed by atoms with Gasteiger partial charge in [-0.25, -0.2) is 4.39 Å². The maximum Gasteiger partial charge on any atom is 0.252 e. The van der Waals surface area contributed by atoms with Gasteiger partial charge in [-0.15, -0.1) is 0 Å². The number of hydrogen-bond acceptors (Lipinski definition) is 1. The van der Waals surface area contributed by atoms with Crippen LogP contribution in [0.3, 0.4) is 0 Å². The predicted molar refractivity (Wildman–Crippen MR) is 80.6 cm³/mol. The molecule has 5 heteroatoms. The van der Waals surface area contributed by atoms with Crippen LogP contribution in [-0.2, 0) is 0 Å². The van der Waals surface area contributed by atoms with Crippen molar-refractivity contribution in [2.45, 2.75) is 26.7 Å². The highest BCUT2D eigenvalue weighted by Gasteiger charge is 2.20. The molecule has 1 rings (SSSR count). The van der Waals surface area contributed by atoms with Crippen LogP contribution in [0.2, 0.25) is 5.02 Å². The number of halogens is 3. The molecule has 1 aromatic carbocycles. The molecule has 1 N–H and O–H groups in total. The molecule has 19 heavy (non-hydrogen) atoms. The first-order valence-electron chi connectivity index (χ1n) is 6.15. The Labute approximate surface area is 126 Å². The number of nitrogens with one attached hydrogen (secondary N) is 1. The summed E-state index contributed by atoms with van der Waals surface area (Å²) in [4.78, 5) is 12.0. The van der Waals surface area contributed by atoms with E-state index < -0.39 is 5.82 Å². The lowest BCUT2D eigenvalue weighted by molar-refractivity contribution is 0.0934. The van der Waals surface area contributed by atoms with Gasteiger partial charge in [-0.1, -0.05) is 47.4 Å². The van der Waals surface area contributed by atoms with Crippen molar-refractivity contribution in [1.29, 1.82) is 0 Å². The smallest absolute Gasteiger partial charge is 0.252 e. The third kappa shape index (κ3) is 5.11. The highest BCUT2D eigenvalue weighted by atomic mass is 79.9. The number of rotatable bonds is 6. The van der Waals surface area contributed by atoms with Gasteiger partial charge in [0, 0.05) is 11.9 Å². The van der Waals surface area contributed by atoms with Gasteiger partial charge < -0.3 is 5.32 Å². The number of hydrogen-bond donors (Lipinski definition) is 1. The molecule has 0 aliphatic carbocycles. The van der Waals surface area contributed by atoms with Crippen LogP contribution in [-0.4, -0.2) is 17.8 Å². The first-order valence-corrected chi connectivity index (χ1v) is 7.65. The number of alkyl halides is 1. The maximum absolute atomic E-state index is 13.3. The van der Waals surface area contributed by atoms with Gasteiger partial charge in [-0.2, -0.15) is 0 Å². The van der Waals surface area contributed by atoms with Gasteiger partial charge in [0.25, 0.3) is 5.91 Å². The molecule has 106 valence electrons. The Morgan fingerprint density at radius 1 is 1.47 bits per heavy atom. The summed E-state index contributed by atoms with van der Waals surface area (Å²) in [6, 6.07) is 4.23.